The van der Waals surface area contributed by atoms with E-state index in [9.17, 15) is 0 Å². The molecule has 0 aliphatic heterocycles. The van der Waals surface area contributed by atoms with E-state index in [1.54, 1.807) is 0 Å². The van der Waals surface area contributed by atoms with Crippen molar-refractivity contribution in [1.82, 2.24) is 15.0 Å². The zero-order chi connectivity index (χ0) is 15.2. The molecule has 2 rings (SSSR count). The molecule has 3 N–H and O–H groups in total. The second kappa shape index (κ2) is 7.38. The van der Waals surface area contributed by atoms with Gasteiger partial charge in [-0.05, 0) is 11.5 Å². The van der Waals surface area contributed by atoms with E-state index < -0.39 is 0 Å². The van der Waals surface area contributed by atoms with Gasteiger partial charge in [-0.15, -0.1) is 0 Å². The van der Waals surface area contributed by atoms with E-state index in [0.29, 0.717) is 11.8 Å². The van der Waals surface area contributed by atoms with Crippen LogP contribution in [0.4, 0.5) is 0 Å². The first-order valence-corrected chi connectivity index (χ1v) is 7.64. The lowest BCUT2D eigenvalue weighted by molar-refractivity contribution is 0.330. The number of nitrogens with zero attached hydrogens (tertiary/aromatic N) is 2. The minimum atomic E-state index is 0.170. The molecule has 4 nitrogen and oxygen atoms in total. The standard InChI is InChI=1S/C17H26N4/c1-4-13(2)17(14-8-6-5-7-9-14)15(20-18)12-16-19-10-11-21(16)3/h5-11,13,15,17,20H,4,12,18H2,1-3H3. The summed E-state index contributed by atoms with van der Waals surface area (Å²) in [5.74, 6) is 7.86. The van der Waals surface area contributed by atoms with Crippen molar-refractivity contribution in [3.05, 3.63) is 54.1 Å². The predicted molar refractivity (Wildman–Crippen MR) is 86.7 cm³/mol. The van der Waals surface area contributed by atoms with Crippen molar-refractivity contribution in [1.29, 1.82) is 0 Å². The van der Waals surface area contributed by atoms with Crippen molar-refractivity contribution in [2.45, 2.75) is 38.6 Å². The molecule has 4 heteroatoms. The van der Waals surface area contributed by atoms with Crippen LogP contribution in [-0.2, 0) is 13.5 Å². The summed E-state index contributed by atoms with van der Waals surface area (Å²) in [5.41, 5.74) is 4.37. The summed E-state index contributed by atoms with van der Waals surface area (Å²) in [5, 5.41) is 0. The minimum absolute atomic E-state index is 0.170. The van der Waals surface area contributed by atoms with E-state index in [1.807, 2.05) is 19.4 Å². The first kappa shape index (κ1) is 15.7. The van der Waals surface area contributed by atoms with Gasteiger partial charge in [0.05, 0.1) is 0 Å². The van der Waals surface area contributed by atoms with Crippen LogP contribution in [0.1, 0.15) is 37.6 Å². The first-order valence-electron chi connectivity index (χ1n) is 7.64. The highest BCUT2D eigenvalue weighted by molar-refractivity contribution is 5.22. The molecule has 1 aromatic heterocycles. The predicted octanol–water partition coefficient (Wildman–Crippen LogP) is 2.62. The lowest BCUT2D eigenvalue weighted by Crippen LogP contribution is -2.44. The Hall–Kier alpha value is -1.65. The number of benzene rings is 1. The SMILES string of the molecule is CCC(C)C(c1ccccc1)C(Cc1nccn1C)NN. The highest BCUT2D eigenvalue weighted by Gasteiger charge is 2.27. The van der Waals surface area contributed by atoms with Crippen LogP contribution in [0.15, 0.2) is 42.7 Å². The third-order valence-electron chi connectivity index (χ3n) is 4.41. The Kier molecular flexibility index (Phi) is 5.53. The Morgan fingerprint density at radius 3 is 2.52 bits per heavy atom. The molecule has 2 aromatic rings. The molecule has 3 unspecified atom stereocenters. The molecule has 0 fully saturated rings. The quantitative estimate of drug-likeness (QED) is 0.607. The van der Waals surface area contributed by atoms with Crippen molar-refractivity contribution >= 4 is 0 Å². The molecule has 3 atom stereocenters. The van der Waals surface area contributed by atoms with Crippen molar-refractivity contribution in [3.63, 3.8) is 0 Å². The second-order valence-electron chi connectivity index (χ2n) is 5.75. The zero-order valence-electron chi connectivity index (χ0n) is 13.2. The van der Waals surface area contributed by atoms with Gasteiger partial charge in [0.25, 0.3) is 0 Å². The number of rotatable bonds is 7. The summed E-state index contributed by atoms with van der Waals surface area (Å²) < 4.78 is 2.06. The summed E-state index contributed by atoms with van der Waals surface area (Å²) in [7, 11) is 2.02. The molecule has 0 bridgehead atoms. The summed E-state index contributed by atoms with van der Waals surface area (Å²) in [6.07, 6.45) is 5.76. The third kappa shape index (κ3) is 3.71. The highest BCUT2D eigenvalue weighted by Crippen LogP contribution is 2.31. The van der Waals surface area contributed by atoms with Crippen LogP contribution in [0.3, 0.4) is 0 Å². The Morgan fingerprint density at radius 2 is 2.00 bits per heavy atom. The van der Waals surface area contributed by atoms with Gasteiger partial charge in [-0.3, -0.25) is 11.3 Å². The molecule has 0 radical (unpaired) electrons. The number of hydrogen-bond donors (Lipinski definition) is 2. The summed E-state index contributed by atoms with van der Waals surface area (Å²) in [6.45, 7) is 4.52. The monoisotopic (exact) mass is 286 g/mol. The van der Waals surface area contributed by atoms with Gasteiger partial charge >= 0.3 is 0 Å². The zero-order valence-corrected chi connectivity index (χ0v) is 13.2. The van der Waals surface area contributed by atoms with E-state index in [2.05, 4.69) is 59.2 Å². The smallest absolute Gasteiger partial charge is 0.109 e. The number of imidazole rings is 1. The normalized spacial score (nSPS) is 15.6. The van der Waals surface area contributed by atoms with E-state index in [0.717, 1.165) is 18.7 Å². The van der Waals surface area contributed by atoms with Gasteiger partial charge in [0.1, 0.15) is 5.82 Å². The summed E-state index contributed by atoms with van der Waals surface area (Å²) in [4.78, 5) is 4.43. The molecule has 21 heavy (non-hydrogen) atoms. The lowest BCUT2D eigenvalue weighted by atomic mass is 9.79. The third-order valence-corrected chi connectivity index (χ3v) is 4.41. The second-order valence-corrected chi connectivity index (χ2v) is 5.75. The van der Waals surface area contributed by atoms with Crippen LogP contribution in [0.5, 0.6) is 0 Å². The van der Waals surface area contributed by atoms with Crippen LogP contribution < -0.4 is 11.3 Å². The average Bonchev–Trinajstić information content (AvgIpc) is 2.92. The summed E-state index contributed by atoms with van der Waals surface area (Å²) in [6, 6.07) is 10.8. The average molecular weight is 286 g/mol. The Bertz CT molecular complexity index is 535. The van der Waals surface area contributed by atoms with E-state index in [4.69, 9.17) is 5.84 Å². The molecular weight excluding hydrogens is 260 g/mol. The fourth-order valence-electron chi connectivity index (χ4n) is 2.97. The largest absolute Gasteiger partial charge is 0.338 e. The van der Waals surface area contributed by atoms with Gasteiger partial charge in [-0.2, -0.15) is 0 Å². The number of hydrogen-bond acceptors (Lipinski definition) is 3. The van der Waals surface area contributed by atoms with Gasteiger partial charge in [0.15, 0.2) is 0 Å². The Labute approximate surface area is 127 Å². The van der Waals surface area contributed by atoms with Crippen molar-refractivity contribution < 1.29 is 0 Å². The highest BCUT2D eigenvalue weighted by atomic mass is 15.2. The van der Waals surface area contributed by atoms with Crippen LogP contribution in [0.2, 0.25) is 0 Å². The minimum Gasteiger partial charge on any atom is -0.338 e. The van der Waals surface area contributed by atoms with Crippen molar-refractivity contribution in [2.24, 2.45) is 18.8 Å². The van der Waals surface area contributed by atoms with Gasteiger partial charge in [0.2, 0.25) is 0 Å². The van der Waals surface area contributed by atoms with Crippen molar-refractivity contribution in [2.75, 3.05) is 0 Å². The van der Waals surface area contributed by atoms with Gasteiger partial charge in [-0.1, -0.05) is 50.6 Å². The number of hydrazine groups is 1. The van der Waals surface area contributed by atoms with Gasteiger partial charge in [-0.25, -0.2) is 4.98 Å². The molecule has 1 aromatic carbocycles. The number of nitrogens with one attached hydrogen (secondary N) is 1. The van der Waals surface area contributed by atoms with Crippen LogP contribution >= 0.6 is 0 Å². The Balaban J connectivity index is 2.27. The molecule has 114 valence electrons. The molecule has 0 aliphatic carbocycles. The summed E-state index contributed by atoms with van der Waals surface area (Å²) >= 11 is 0. The fraction of sp³-hybridized carbons (Fsp3) is 0.471. The molecule has 0 saturated carbocycles. The van der Waals surface area contributed by atoms with Gasteiger partial charge < -0.3 is 4.57 Å². The maximum atomic E-state index is 5.88. The maximum absolute atomic E-state index is 5.88. The lowest BCUT2D eigenvalue weighted by Gasteiger charge is -2.31. The topological polar surface area (TPSA) is 55.9 Å². The molecule has 0 spiro atoms. The van der Waals surface area contributed by atoms with Crippen LogP contribution in [-0.4, -0.2) is 15.6 Å². The number of nitrogens with two attached hydrogens (primary N) is 1. The molecule has 0 aliphatic rings. The number of aromatic nitrogens is 2. The number of aryl methyl sites for hydroxylation is 1. The van der Waals surface area contributed by atoms with Gasteiger partial charge in [0, 0.05) is 37.8 Å². The fourth-order valence-corrected chi connectivity index (χ4v) is 2.97. The van der Waals surface area contributed by atoms with E-state index >= 15 is 0 Å². The molecule has 0 saturated heterocycles. The first-order chi connectivity index (χ1) is 10.2. The molecule has 1 heterocycles. The van der Waals surface area contributed by atoms with Crippen LogP contribution in [0, 0.1) is 5.92 Å². The van der Waals surface area contributed by atoms with E-state index in [1.165, 1.54) is 5.56 Å². The molecule has 0 amide bonds. The van der Waals surface area contributed by atoms with Crippen molar-refractivity contribution in [3.8, 4) is 0 Å². The molecular formula is C17H26N4. The van der Waals surface area contributed by atoms with E-state index in [-0.39, 0.29) is 6.04 Å². The van der Waals surface area contributed by atoms with Crippen LogP contribution in [0.25, 0.3) is 0 Å². The maximum Gasteiger partial charge on any atom is 0.109 e. The Morgan fingerprint density at radius 1 is 1.29 bits per heavy atom.